The van der Waals surface area contributed by atoms with Gasteiger partial charge in [0.05, 0.1) is 6.04 Å². The van der Waals surface area contributed by atoms with Gasteiger partial charge in [0.2, 0.25) is 17.7 Å². The van der Waals surface area contributed by atoms with Gasteiger partial charge in [-0.05, 0) is 36.3 Å². The molecule has 220 valence electrons. The molecule has 0 saturated heterocycles. The van der Waals surface area contributed by atoms with Crippen LogP contribution in [0.5, 0.6) is 0 Å². The summed E-state index contributed by atoms with van der Waals surface area (Å²) < 4.78 is 0. The number of nitrogens with one attached hydrogen (secondary N) is 4. The number of H-pyrrole nitrogens is 1. The molecule has 0 spiro atoms. The highest BCUT2D eigenvalue weighted by atomic mass is 16.4. The van der Waals surface area contributed by atoms with Gasteiger partial charge in [-0.2, -0.15) is 0 Å². The van der Waals surface area contributed by atoms with Crippen LogP contribution in [0.1, 0.15) is 58.9 Å². The highest BCUT2D eigenvalue weighted by molar-refractivity contribution is 5.95. The number of benzene rings is 1. The van der Waals surface area contributed by atoms with Crippen molar-refractivity contribution >= 4 is 40.6 Å². The second-order valence-electron chi connectivity index (χ2n) is 10.6. The molecule has 2 rings (SSSR count). The van der Waals surface area contributed by atoms with Gasteiger partial charge < -0.3 is 36.9 Å². The van der Waals surface area contributed by atoms with E-state index in [1.165, 1.54) is 0 Å². The van der Waals surface area contributed by atoms with Gasteiger partial charge in [-0.15, -0.1) is 0 Å². The number of carboxylic acids is 2. The summed E-state index contributed by atoms with van der Waals surface area (Å²) in [5.74, 6) is -4.61. The normalized spacial score (nSPS) is 15.1. The number of aromatic amines is 1. The zero-order valence-electron chi connectivity index (χ0n) is 23.4. The predicted octanol–water partition coefficient (Wildman–Crippen LogP) is 1.53. The molecule has 0 aliphatic carbocycles. The fourth-order valence-corrected chi connectivity index (χ4v) is 4.33. The molecule has 40 heavy (non-hydrogen) atoms. The first-order valence-electron chi connectivity index (χ1n) is 13.5. The van der Waals surface area contributed by atoms with Crippen LogP contribution in [0.3, 0.4) is 0 Å². The van der Waals surface area contributed by atoms with Crippen LogP contribution < -0.4 is 21.7 Å². The molecule has 5 atom stereocenters. The van der Waals surface area contributed by atoms with E-state index in [-0.39, 0.29) is 37.5 Å². The minimum atomic E-state index is -1.18. The minimum Gasteiger partial charge on any atom is -0.481 e. The van der Waals surface area contributed by atoms with Crippen LogP contribution in [0, 0.1) is 11.8 Å². The zero-order chi connectivity index (χ0) is 30.0. The van der Waals surface area contributed by atoms with Gasteiger partial charge in [0.25, 0.3) is 0 Å². The molecule has 1 heterocycles. The highest BCUT2D eigenvalue weighted by Crippen LogP contribution is 2.20. The molecule has 0 radical (unpaired) electrons. The van der Waals surface area contributed by atoms with Gasteiger partial charge in [-0.1, -0.05) is 52.3 Å². The molecule has 3 amide bonds. The lowest BCUT2D eigenvalue weighted by Gasteiger charge is -2.28. The van der Waals surface area contributed by atoms with E-state index in [0.717, 1.165) is 16.5 Å². The maximum Gasteiger partial charge on any atom is 0.326 e. The van der Waals surface area contributed by atoms with E-state index in [9.17, 15) is 29.1 Å². The summed E-state index contributed by atoms with van der Waals surface area (Å²) in [5, 5.41) is 27.3. The number of nitrogens with two attached hydrogens (primary N) is 1. The third kappa shape index (κ3) is 9.37. The molecule has 12 nitrogen and oxygen atoms in total. The number of rotatable bonds is 16. The fourth-order valence-electron chi connectivity index (χ4n) is 4.33. The maximum absolute atomic E-state index is 13.5. The molecular formula is C28H41N5O7. The van der Waals surface area contributed by atoms with Crippen molar-refractivity contribution in [2.75, 3.05) is 0 Å². The van der Waals surface area contributed by atoms with Crippen molar-refractivity contribution in [3.05, 3.63) is 36.0 Å². The molecule has 0 aliphatic heterocycles. The van der Waals surface area contributed by atoms with Crippen LogP contribution in [0.2, 0.25) is 0 Å². The molecule has 0 saturated carbocycles. The lowest BCUT2D eigenvalue weighted by Crippen LogP contribution is -2.59. The average molecular weight is 560 g/mol. The van der Waals surface area contributed by atoms with Crippen molar-refractivity contribution in [1.29, 1.82) is 0 Å². The molecule has 2 aromatic rings. The van der Waals surface area contributed by atoms with Gasteiger partial charge in [0, 0.05) is 29.9 Å². The maximum atomic E-state index is 13.5. The molecule has 8 N–H and O–H groups in total. The number of amides is 3. The lowest BCUT2D eigenvalue weighted by molar-refractivity contribution is -0.143. The van der Waals surface area contributed by atoms with E-state index in [4.69, 9.17) is 10.8 Å². The van der Waals surface area contributed by atoms with Crippen molar-refractivity contribution < 1.29 is 34.2 Å². The molecule has 1 aromatic carbocycles. The SMILES string of the molecule is CCC(C)C(NC(=O)C(N)CCC(=O)O)C(=O)NC(Cc1c[nH]c2ccccc12)C(=O)NC(CC(C)C)C(=O)O. The van der Waals surface area contributed by atoms with Crippen molar-refractivity contribution in [1.82, 2.24) is 20.9 Å². The Morgan fingerprint density at radius 2 is 1.57 bits per heavy atom. The topological polar surface area (TPSA) is 204 Å². The third-order valence-electron chi connectivity index (χ3n) is 6.85. The first kappa shape index (κ1) is 32.3. The minimum absolute atomic E-state index is 0.00149. The van der Waals surface area contributed by atoms with Crippen LogP contribution >= 0.6 is 0 Å². The summed E-state index contributed by atoms with van der Waals surface area (Å²) in [6.45, 7) is 7.27. The molecule has 12 heteroatoms. The Morgan fingerprint density at radius 3 is 2.17 bits per heavy atom. The second kappa shape index (κ2) is 15.0. The van der Waals surface area contributed by atoms with Crippen LogP contribution in [0.15, 0.2) is 30.5 Å². The Hall–Kier alpha value is -3.93. The van der Waals surface area contributed by atoms with Crippen molar-refractivity contribution in [3.63, 3.8) is 0 Å². The van der Waals surface area contributed by atoms with Gasteiger partial charge >= 0.3 is 11.9 Å². The Bertz CT molecular complexity index is 1190. The van der Waals surface area contributed by atoms with Gasteiger partial charge in [-0.3, -0.25) is 19.2 Å². The number of carbonyl (C=O) groups is 5. The summed E-state index contributed by atoms with van der Waals surface area (Å²) >= 11 is 0. The zero-order valence-corrected chi connectivity index (χ0v) is 23.4. The monoisotopic (exact) mass is 559 g/mol. The Balaban J connectivity index is 2.32. The van der Waals surface area contributed by atoms with E-state index in [2.05, 4.69) is 20.9 Å². The largest absolute Gasteiger partial charge is 0.481 e. The summed E-state index contributed by atoms with van der Waals surface area (Å²) in [5.41, 5.74) is 7.42. The Labute approximate surface area is 233 Å². The van der Waals surface area contributed by atoms with E-state index < -0.39 is 53.8 Å². The number of para-hydroxylation sites is 1. The fraction of sp³-hybridized carbons (Fsp3) is 0.536. The first-order chi connectivity index (χ1) is 18.8. The molecule has 0 fully saturated rings. The molecular weight excluding hydrogens is 518 g/mol. The molecule has 0 aliphatic rings. The smallest absolute Gasteiger partial charge is 0.326 e. The summed E-state index contributed by atoms with van der Waals surface area (Å²) in [7, 11) is 0. The summed E-state index contributed by atoms with van der Waals surface area (Å²) in [4.78, 5) is 65.4. The number of carbonyl (C=O) groups excluding carboxylic acids is 3. The van der Waals surface area contributed by atoms with Crippen LogP contribution in [-0.2, 0) is 30.4 Å². The van der Waals surface area contributed by atoms with Crippen molar-refractivity contribution in [3.8, 4) is 0 Å². The Kier molecular flexibility index (Phi) is 12.1. The molecule has 5 unspecified atom stereocenters. The second-order valence-corrected chi connectivity index (χ2v) is 10.6. The quantitative estimate of drug-likeness (QED) is 0.160. The van der Waals surface area contributed by atoms with Crippen LogP contribution in [-0.4, -0.2) is 69.0 Å². The lowest BCUT2D eigenvalue weighted by atomic mass is 9.96. The van der Waals surface area contributed by atoms with Crippen LogP contribution in [0.25, 0.3) is 10.9 Å². The highest BCUT2D eigenvalue weighted by Gasteiger charge is 2.33. The number of aliphatic carboxylic acids is 2. The predicted molar refractivity (Wildman–Crippen MR) is 149 cm³/mol. The number of hydrogen-bond acceptors (Lipinski definition) is 6. The van der Waals surface area contributed by atoms with Crippen molar-refractivity contribution in [2.45, 2.75) is 84.0 Å². The van der Waals surface area contributed by atoms with E-state index in [0.29, 0.717) is 6.42 Å². The first-order valence-corrected chi connectivity index (χ1v) is 13.5. The molecule has 0 bridgehead atoms. The Morgan fingerprint density at radius 1 is 0.925 bits per heavy atom. The number of hydrogen-bond donors (Lipinski definition) is 7. The molecule has 1 aromatic heterocycles. The third-order valence-corrected chi connectivity index (χ3v) is 6.85. The standard InChI is InChI=1S/C28H41N5O7/c1-5-16(4)24(33-25(36)19(29)10-11-23(34)35)27(38)31-21(26(37)32-22(28(39)40)12-15(2)3)13-17-14-30-20-9-7-6-8-18(17)20/h6-9,14-16,19,21-22,24,30H,5,10-13,29H2,1-4H3,(H,31,38)(H,32,37)(H,33,36)(H,34,35)(H,39,40). The number of fused-ring (bicyclic) bond motifs is 1. The summed E-state index contributed by atoms with van der Waals surface area (Å²) in [6, 6.07) is 2.97. The van der Waals surface area contributed by atoms with Crippen LogP contribution in [0.4, 0.5) is 0 Å². The van der Waals surface area contributed by atoms with E-state index >= 15 is 0 Å². The van der Waals surface area contributed by atoms with Crippen molar-refractivity contribution in [2.24, 2.45) is 17.6 Å². The van der Waals surface area contributed by atoms with Gasteiger partial charge in [0.15, 0.2) is 0 Å². The summed E-state index contributed by atoms with van der Waals surface area (Å²) in [6.07, 6.45) is 2.10. The average Bonchev–Trinajstić information content (AvgIpc) is 3.31. The number of aromatic nitrogens is 1. The van der Waals surface area contributed by atoms with E-state index in [1.54, 1.807) is 13.1 Å². The number of carboxylic acid groups (broad SMARTS) is 2. The van der Waals surface area contributed by atoms with Gasteiger partial charge in [0.1, 0.15) is 18.1 Å². The van der Waals surface area contributed by atoms with Gasteiger partial charge in [-0.25, -0.2) is 4.79 Å². The van der Waals surface area contributed by atoms with E-state index in [1.807, 2.05) is 45.0 Å².